The number of hydrogen-bond acceptors (Lipinski definition) is 2. The fourth-order valence-electron chi connectivity index (χ4n) is 0.937. The average molecular weight is 168 g/mol. The van der Waals surface area contributed by atoms with Crippen molar-refractivity contribution in [3.63, 3.8) is 0 Å². The predicted octanol–water partition coefficient (Wildman–Crippen LogP) is 2.26. The fourth-order valence-corrected chi connectivity index (χ4v) is 1.19. The van der Waals surface area contributed by atoms with Crippen LogP contribution in [-0.4, -0.2) is 9.97 Å². The summed E-state index contributed by atoms with van der Waals surface area (Å²) in [6, 6.07) is 2.07. The number of aromatic amines is 1. The minimum absolute atomic E-state index is 0.598. The summed E-state index contributed by atoms with van der Waals surface area (Å²) in [4.78, 5) is 7.19. The van der Waals surface area contributed by atoms with Crippen LogP contribution in [0.1, 0.15) is 25.2 Å². The fraction of sp³-hybridized carbons (Fsp3) is 0.500. The maximum Gasteiger partial charge on any atom is 0.197 e. The van der Waals surface area contributed by atoms with Crippen molar-refractivity contribution >= 4 is 12.2 Å². The van der Waals surface area contributed by atoms with Gasteiger partial charge >= 0.3 is 0 Å². The Morgan fingerprint density at radius 3 is 2.73 bits per heavy atom. The van der Waals surface area contributed by atoms with Gasteiger partial charge in [-0.1, -0.05) is 13.8 Å². The molecule has 0 radical (unpaired) electrons. The van der Waals surface area contributed by atoms with E-state index in [0.29, 0.717) is 4.77 Å². The molecule has 0 aliphatic carbocycles. The maximum atomic E-state index is 4.95. The predicted molar refractivity (Wildman–Crippen MR) is 48.2 cm³/mol. The van der Waals surface area contributed by atoms with Gasteiger partial charge in [0.1, 0.15) is 0 Å². The number of nitrogens with one attached hydrogen (secondary N) is 1. The zero-order valence-electron chi connectivity index (χ0n) is 6.85. The van der Waals surface area contributed by atoms with Crippen LogP contribution in [0.25, 0.3) is 0 Å². The van der Waals surface area contributed by atoms with Gasteiger partial charge in [0, 0.05) is 11.4 Å². The molecule has 0 aliphatic rings. The lowest BCUT2D eigenvalue weighted by molar-refractivity contribution is 0.922. The van der Waals surface area contributed by atoms with Gasteiger partial charge < -0.3 is 4.98 Å². The summed E-state index contributed by atoms with van der Waals surface area (Å²) in [6.07, 6.45) is 1.94. The summed E-state index contributed by atoms with van der Waals surface area (Å²) in [5.74, 6) is 0. The van der Waals surface area contributed by atoms with Gasteiger partial charge in [0.05, 0.1) is 0 Å². The van der Waals surface area contributed by atoms with E-state index in [9.17, 15) is 0 Å². The molecule has 0 amide bonds. The summed E-state index contributed by atoms with van der Waals surface area (Å²) in [7, 11) is 0. The Labute approximate surface area is 71.7 Å². The Balaban J connectivity index is 3.12. The highest BCUT2D eigenvalue weighted by Gasteiger charge is 1.93. The topological polar surface area (TPSA) is 28.7 Å². The maximum absolute atomic E-state index is 4.95. The second kappa shape index (κ2) is 3.62. The lowest BCUT2D eigenvalue weighted by Gasteiger charge is -1.99. The van der Waals surface area contributed by atoms with E-state index in [1.165, 1.54) is 5.69 Å². The molecule has 1 N–H and O–H groups in total. The monoisotopic (exact) mass is 168 g/mol. The average Bonchev–Trinajstić information content (AvgIpc) is 2.03. The van der Waals surface area contributed by atoms with E-state index in [0.717, 1.165) is 18.5 Å². The van der Waals surface area contributed by atoms with Crippen LogP contribution < -0.4 is 0 Å². The number of aromatic nitrogens is 2. The van der Waals surface area contributed by atoms with Crippen LogP contribution in [0.3, 0.4) is 0 Å². The van der Waals surface area contributed by atoms with E-state index < -0.39 is 0 Å². The molecule has 1 aromatic heterocycles. The molecule has 0 aromatic carbocycles. The van der Waals surface area contributed by atoms with Crippen LogP contribution in [0.15, 0.2) is 6.07 Å². The van der Waals surface area contributed by atoms with Gasteiger partial charge in [0.15, 0.2) is 4.77 Å². The minimum Gasteiger partial charge on any atom is -0.335 e. The van der Waals surface area contributed by atoms with E-state index in [2.05, 4.69) is 29.9 Å². The molecular formula is C8H12N2S. The number of rotatable bonds is 2. The highest BCUT2D eigenvalue weighted by atomic mass is 32.1. The molecule has 1 aromatic rings. The molecule has 1 heterocycles. The largest absolute Gasteiger partial charge is 0.335 e. The van der Waals surface area contributed by atoms with Gasteiger partial charge in [-0.15, -0.1) is 0 Å². The van der Waals surface area contributed by atoms with Gasteiger partial charge in [0.2, 0.25) is 0 Å². The first-order valence-electron chi connectivity index (χ1n) is 3.85. The van der Waals surface area contributed by atoms with E-state index >= 15 is 0 Å². The summed E-state index contributed by atoms with van der Waals surface area (Å²) < 4.78 is 0.598. The number of nitrogens with zero attached hydrogens (tertiary/aromatic N) is 1. The number of H-pyrrole nitrogens is 1. The minimum atomic E-state index is 0.598. The van der Waals surface area contributed by atoms with Crippen molar-refractivity contribution in [3.8, 4) is 0 Å². The molecule has 0 bridgehead atoms. The molecule has 2 nitrogen and oxygen atoms in total. The summed E-state index contributed by atoms with van der Waals surface area (Å²) in [5.41, 5.74) is 2.24. The molecule has 3 heteroatoms. The van der Waals surface area contributed by atoms with Crippen molar-refractivity contribution in [2.45, 2.75) is 26.7 Å². The molecule has 11 heavy (non-hydrogen) atoms. The third-order valence-corrected chi connectivity index (χ3v) is 1.79. The molecule has 0 atom stereocenters. The van der Waals surface area contributed by atoms with Crippen LogP contribution in [-0.2, 0) is 12.8 Å². The van der Waals surface area contributed by atoms with E-state index in [-0.39, 0.29) is 0 Å². The molecule has 0 saturated heterocycles. The third-order valence-electron chi connectivity index (χ3n) is 1.60. The van der Waals surface area contributed by atoms with Crippen molar-refractivity contribution < 1.29 is 0 Å². The van der Waals surface area contributed by atoms with Crippen LogP contribution >= 0.6 is 12.2 Å². The lowest BCUT2D eigenvalue weighted by Crippen LogP contribution is -1.95. The molecular weight excluding hydrogens is 156 g/mol. The molecule has 0 fully saturated rings. The molecule has 60 valence electrons. The van der Waals surface area contributed by atoms with E-state index in [1.54, 1.807) is 0 Å². The first kappa shape index (κ1) is 8.40. The number of hydrogen-bond donors (Lipinski definition) is 1. The Bertz CT molecular complexity index is 265. The highest BCUT2D eigenvalue weighted by Crippen LogP contribution is 2.00. The SMILES string of the molecule is CCc1cc(CC)[nH]c(=S)n1. The molecule has 1 rings (SSSR count). The summed E-state index contributed by atoms with van der Waals surface area (Å²) >= 11 is 4.95. The smallest absolute Gasteiger partial charge is 0.197 e. The molecule has 0 unspecified atom stereocenters. The third kappa shape index (κ3) is 2.12. The quantitative estimate of drug-likeness (QED) is 0.686. The molecule has 0 aliphatic heterocycles. The van der Waals surface area contributed by atoms with Gasteiger partial charge in [0.25, 0.3) is 0 Å². The standard InChI is InChI=1S/C8H12N2S/c1-3-6-5-7(4-2)10-8(11)9-6/h5H,3-4H2,1-2H3,(H,9,10,11). The van der Waals surface area contributed by atoms with Gasteiger partial charge in [-0.2, -0.15) is 0 Å². The first-order chi connectivity index (χ1) is 5.26. The zero-order chi connectivity index (χ0) is 8.27. The van der Waals surface area contributed by atoms with Crippen molar-refractivity contribution in [1.82, 2.24) is 9.97 Å². The Morgan fingerprint density at radius 1 is 1.45 bits per heavy atom. The Morgan fingerprint density at radius 2 is 2.18 bits per heavy atom. The van der Waals surface area contributed by atoms with Crippen LogP contribution in [0.2, 0.25) is 0 Å². The summed E-state index contributed by atoms with van der Waals surface area (Å²) in [5, 5.41) is 0. The van der Waals surface area contributed by atoms with Crippen LogP contribution in [0.5, 0.6) is 0 Å². The van der Waals surface area contributed by atoms with Crippen LogP contribution in [0, 0.1) is 4.77 Å². The van der Waals surface area contributed by atoms with E-state index in [4.69, 9.17) is 12.2 Å². The van der Waals surface area contributed by atoms with Crippen molar-refractivity contribution in [2.24, 2.45) is 0 Å². The first-order valence-corrected chi connectivity index (χ1v) is 4.26. The normalized spacial score (nSPS) is 10.0. The van der Waals surface area contributed by atoms with E-state index in [1.807, 2.05) is 0 Å². The Kier molecular flexibility index (Phi) is 2.76. The summed E-state index contributed by atoms with van der Waals surface area (Å²) in [6.45, 7) is 4.18. The second-order valence-electron chi connectivity index (χ2n) is 2.41. The van der Waals surface area contributed by atoms with Crippen molar-refractivity contribution in [2.75, 3.05) is 0 Å². The lowest BCUT2D eigenvalue weighted by atomic mass is 10.2. The molecule has 0 spiro atoms. The van der Waals surface area contributed by atoms with Crippen molar-refractivity contribution in [3.05, 3.63) is 22.2 Å². The highest BCUT2D eigenvalue weighted by molar-refractivity contribution is 7.71. The number of aryl methyl sites for hydroxylation is 2. The second-order valence-corrected chi connectivity index (χ2v) is 2.80. The van der Waals surface area contributed by atoms with Gasteiger partial charge in [-0.3, -0.25) is 0 Å². The molecule has 0 saturated carbocycles. The van der Waals surface area contributed by atoms with Gasteiger partial charge in [-0.25, -0.2) is 4.98 Å². The van der Waals surface area contributed by atoms with Gasteiger partial charge in [-0.05, 0) is 31.1 Å². The Hall–Kier alpha value is -0.700. The van der Waals surface area contributed by atoms with Crippen LogP contribution in [0.4, 0.5) is 0 Å². The zero-order valence-corrected chi connectivity index (χ0v) is 7.66. The van der Waals surface area contributed by atoms with Crippen molar-refractivity contribution in [1.29, 1.82) is 0 Å².